The minimum absolute atomic E-state index is 0.774. The van der Waals surface area contributed by atoms with E-state index in [9.17, 15) is 0 Å². The van der Waals surface area contributed by atoms with E-state index in [4.69, 9.17) is 4.74 Å². The van der Waals surface area contributed by atoms with E-state index in [1.165, 1.54) is 22.3 Å². The second-order valence-electron chi connectivity index (χ2n) is 3.20. The monoisotopic (exact) mass is 148 g/mol. The summed E-state index contributed by atoms with van der Waals surface area (Å²) in [7, 11) is 0. The number of ether oxygens (including phenoxy) is 1. The molecule has 58 valence electrons. The Morgan fingerprint density at radius 2 is 2.00 bits per heavy atom. The predicted molar refractivity (Wildman–Crippen MR) is 45.1 cm³/mol. The average molecular weight is 148 g/mol. The van der Waals surface area contributed by atoms with Gasteiger partial charge in [-0.2, -0.15) is 0 Å². The molecule has 0 saturated heterocycles. The standard InChI is InChI=1S/C10H12O/c1-6-4-9-5-11-8(3)10(9)7(6)2/h4H,5H2,1-3H3. The molecule has 0 saturated carbocycles. The van der Waals surface area contributed by atoms with Crippen molar-refractivity contribution in [1.82, 2.24) is 0 Å². The summed E-state index contributed by atoms with van der Waals surface area (Å²) in [5, 5.41) is 0. The Morgan fingerprint density at radius 3 is 2.64 bits per heavy atom. The zero-order valence-electron chi connectivity index (χ0n) is 7.19. The fourth-order valence-corrected chi connectivity index (χ4v) is 1.74. The molecule has 0 unspecified atom stereocenters. The summed E-state index contributed by atoms with van der Waals surface area (Å²) in [6, 6.07) is 0. The first kappa shape index (κ1) is 6.71. The van der Waals surface area contributed by atoms with E-state index in [0.29, 0.717) is 0 Å². The zero-order valence-corrected chi connectivity index (χ0v) is 7.19. The van der Waals surface area contributed by atoms with Gasteiger partial charge in [-0.3, -0.25) is 0 Å². The molecular formula is C10H12O. The van der Waals surface area contributed by atoms with Crippen LogP contribution < -0.4 is 0 Å². The van der Waals surface area contributed by atoms with Gasteiger partial charge >= 0.3 is 0 Å². The van der Waals surface area contributed by atoms with Crippen LogP contribution in [0.15, 0.2) is 34.1 Å². The highest BCUT2D eigenvalue weighted by Crippen LogP contribution is 2.37. The Morgan fingerprint density at radius 1 is 1.27 bits per heavy atom. The topological polar surface area (TPSA) is 9.23 Å². The molecule has 0 radical (unpaired) electrons. The lowest BCUT2D eigenvalue weighted by Gasteiger charge is -1.98. The van der Waals surface area contributed by atoms with Gasteiger partial charge in [0.15, 0.2) is 0 Å². The molecule has 11 heavy (non-hydrogen) atoms. The Kier molecular flexibility index (Phi) is 1.22. The van der Waals surface area contributed by atoms with Gasteiger partial charge in [0.05, 0.1) is 0 Å². The van der Waals surface area contributed by atoms with Crippen LogP contribution in [0.4, 0.5) is 0 Å². The lowest BCUT2D eigenvalue weighted by atomic mass is 10.1. The number of fused-ring (bicyclic) bond motifs is 1. The summed E-state index contributed by atoms with van der Waals surface area (Å²) in [6.45, 7) is 7.13. The van der Waals surface area contributed by atoms with Crippen molar-refractivity contribution in [3.8, 4) is 0 Å². The summed E-state index contributed by atoms with van der Waals surface area (Å²) < 4.78 is 5.42. The van der Waals surface area contributed by atoms with Gasteiger partial charge < -0.3 is 4.74 Å². The van der Waals surface area contributed by atoms with Crippen molar-refractivity contribution in [1.29, 1.82) is 0 Å². The van der Waals surface area contributed by atoms with Crippen LogP contribution in [0.1, 0.15) is 20.8 Å². The molecule has 1 heteroatoms. The fraction of sp³-hybridized carbons (Fsp3) is 0.400. The van der Waals surface area contributed by atoms with Crippen LogP contribution >= 0.6 is 0 Å². The van der Waals surface area contributed by atoms with E-state index < -0.39 is 0 Å². The third-order valence-corrected chi connectivity index (χ3v) is 2.47. The second-order valence-corrected chi connectivity index (χ2v) is 3.20. The molecule has 0 amide bonds. The van der Waals surface area contributed by atoms with Crippen molar-refractivity contribution in [2.24, 2.45) is 0 Å². The van der Waals surface area contributed by atoms with Crippen LogP contribution in [0, 0.1) is 0 Å². The molecule has 1 aliphatic heterocycles. The molecular weight excluding hydrogens is 136 g/mol. The van der Waals surface area contributed by atoms with Crippen LogP contribution in [-0.4, -0.2) is 6.61 Å². The van der Waals surface area contributed by atoms with Crippen LogP contribution in [-0.2, 0) is 4.74 Å². The van der Waals surface area contributed by atoms with Crippen molar-refractivity contribution in [3.63, 3.8) is 0 Å². The van der Waals surface area contributed by atoms with E-state index in [1.54, 1.807) is 0 Å². The van der Waals surface area contributed by atoms with Crippen LogP contribution in [0.5, 0.6) is 0 Å². The minimum Gasteiger partial charge on any atom is -0.493 e. The normalized spacial score (nSPS) is 22.3. The summed E-state index contributed by atoms with van der Waals surface area (Å²) in [5.74, 6) is 1.09. The van der Waals surface area contributed by atoms with E-state index in [1.807, 2.05) is 6.92 Å². The smallest absolute Gasteiger partial charge is 0.114 e. The maximum atomic E-state index is 5.42. The third kappa shape index (κ3) is 0.770. The maximum absolute atomic E-state index is 5.42. The minimum atomic E-state index is 0.774. The molecule has 2 rings (SSSR count). The lowest BCUT2D eigenvalue weighted by Crippen LogP contribution is -1.82. The molecule has 0 aromatic carbocycles. The first-order valence-electron chi connectivity index (χ1n) is 3.92. The molecule has 2 aliphatic rings. The van der Waals surface area contributed by atoms with E-state index in [2.05, 4.69) is 19.9 Å². The summed E-state index contributed by atoms with van der Waals surface area (Å²) in [6.07, 6.45) is 2.22. The second kappa shape index (κ2) is 2.00. The van der Waals surface area contributed by atoms with Crippen LogP contribution in [0.3, 0.4) is 0 Å². The first-order chi connectivity index (χ1) is 5.20. The average Bonchev–Trinajstić information content (AvgIpc) is 2.41. The largest absolute Gasteiger partial charge is 0.493 e. The highest BCUT2D eigenvalue weighted by Gasteiger charge is 2.24. The summed E-state index contributed by atoms with van der Waals surface area (Å²) >= 11 is 0. The number of rotatable bonds is 0. The van der Waals surface area contributed by atoms with Gasteiger partial charge in [-0.15, -0.1) is 0 Å². The molecule has 0 N–H and O–H groups in total. The van der Waals surface area contributed by atoms with Gasteiger partial charge in [-0.25, -0.2) is 0 Å². The third-order valence-electron chi connectivity index (χ3n) is 2.47. The molecule has 0 bridgehead atoms. The van der Waals surface area contributed by atoms with Crippen LogP contribution in [0.25, 0.3) is 0 Å². The van der Waals surface area contributed by atoms with Gasteiger partial charge in [0.2, 0.25) is 0 Å². The number of allylic oxidation sites excluding steroid dienone is 4. The molecule has 0 atom stereocenters. The van der Waals surface area contributed by atoms with Crippen LogP contribution in [0.2, 0.25) is 0 Å². The van der Waals surface area contributed by atoms with Gasteiger partial charge in [0.1, 0.15) is 12.4 Å². The number of hydrogen-bond donors (Lipinski definition) is 0. The zero-order chi connectivity index (χ0) is 8.01. The molecule has 1 aliphatic carbocycles. The molecule has 1 nitrogen and oxygen atoms in total. The van der Waals surface area contributed by atoms with Crippen molar-refractivity contribution >= 4 is 0 Å². The highest BCUT2D eigenvalue weighted by atomic mass is 16.5. The molecule has 0 fully saturated rings. The summed E-state index contributed by atoms with van der Waals surface area (Å²) in [5.41, 5.74) is 5.48. The Hall–Kier alpha value is -0.980. The van der Waals surface area contributed by atoms with Gasteiger partial charge in [0, 0.05) is 11.1 Å². The quantitative estimate of drug-likeness (QED) is 0.513. The maximum Gasteiger partial charge on any atom is 0.114 e. The molecule has 0 spiro atoms. The SMILES string of the molecule is CC1=C(C)C2=C(C)OCC2=C1. The van der Waals surface area contributed by atoms with Crippen molar-refractivity contribution in [2.75, 3.05) is 6.61 Å². The molecule has 1 heterocycles. The highest BCUT2D eigenvalue weighted by molar-refractivity contribution is 5.60. The van der Waals surface area contributed by atoms with Crippen molar-refractivity contribution in [3.05, 3.63) is 34.1 Å². The Balaban J connectivity index is 2.57. The van der Waals surface area contributed by atoms with E-state index in [0.717, 1.165) is 12.4 Å². The van der Waals surface area contributed by atoms with Gasteiger partial charge in [0.25, 0.3) is 0 Å². The van der Waals surface area contributed by atoms with Crippen molar-refractivity contribution in [2.45, 2.75) is 20.8 Å². The fourth-order valence-electron chi connectivity index (χ4n) is 1.74. The van der Waals surface area contributed by atoms with Gasteiger partial charge in [-0.05, 0) is 31.9 Å². The Labute approximate surface area is 67.1 Å². The Bertz CT molecular complexity index is 303. The predicted octanol–water partition coefficient (Wildman–Crippen LogP) is 2.57. The first-order valence-corrected chi connectivity index (χ1v) is 3.92. The van der Waals surface area contributed by atoms with Gasteiger partial charge in [-0.1, -0.05) is 6.08 Å². The lowest BCUT2D eigenvalue weighted by molar-refractivity contribution is 0.263. The van der Waals surface area contributed by atoms with Crippen molar-refractivity contribution < 1.29 is 4.74 Å². The number of hydrogen-bond acceptors (Lipinski definition) is 1. The van der Waals surface area contributed by atoms with E-state index in [-0.39, 0.29) is 0 Å². The van der Waals surface area contributed by atoms with E-state index >= 15 is 0 Å². The molecule has 0 aromatic heterocycles. The summed E-state index contributed by atoms with van der Waals surface area (Å²) in [4.78, 5) is 0. The molecule has 0 aromatic rings.